The van der Waals surface area contributed by atoms with E-state index < -0.39 is 0 Å². The molecule has 3 rings (SSSR count). The number of aryl methyl sites for hydroxylation is 1. The first-order chi connectivity index (χ1) is 9.69. The zero-order valence-electron chi connectivity index (χ0n) is 13.1. The summed E-state index contributed by atoms with van der Waals surface area (Å²) in [5.41, 5.74) is 3.63. The van der Waals surface area contributed by atoms with Crippen LogP contribution in [0.15, 0.2) is 24.3 Å². The Morgan fingerprint density at radius 2 is 1.70 bits per heavy atom. The molecule has 0 bridgehead atoms. The highest BCUT2D eigenvalue weighted by Gasteiger charge is 2.37. The summed E-state index contributed by atoms with van der Waals surface area (Å²) in [6.07, 6.45) is 11.7. The lowest BCUT2D eigenvalue weighted by Gasteiger charge is -2.38. The third-order valence-electron chi connectivity index (χ3n) is 5.85. The summed E-state index contributed by atoms with van der Waals surface area (Å²) >= 11 is 0. The van der Waals surface area contributed by atoms with Gasteiger partial charge < -0.3 is 5.32 Å². The molecule has 2 aliphatic rings. The Hall–Kier alpha value is -0.820. The molecule has 0 unspecified atom stereocenters. The molecular weight excluding hydrogens is 242 g/mol. The van der Waals surface area contributed by atoms with E-state index in [0.29, 0.717) is 6.04 Å². The molecule has 20 heavy (non-hydrogen) atoms. The zero-order chi connectivity index (χ0) is 14.0. The molecule has 110 valence electrons. The Morgan fingerprint density at radius 1 is 1.05 bits per heavy atom. The van der Waals surface area contributed by atoms with Gasteiger partial charge in [0.15, 0.2) is 0 Å². The summed E-state index contributed by atoms with van der Waals surface area (Å²) in [6.45, 7) is 4.55. The van der Waals surface area contributed by atoms with E-state index in [-0.39, 0.29) is 0 Å². The summed E-state index contributed by atoms with van der Waals surface area (Å²) in [4.78, 5) is 0. The third-order valence-corrected chi connectivity index (χ3v) is 5.85. The van der Waals surface area contributed by atoms with Gasteiger partial charge in [-0.2, -0.15) is 0 Å². The third kappa shape index (κ3) is 2.93. The Kier molecular flexibility index (Phi) is 4.16. The van der Waals surface area contributed by atoms with Crippen molar-refractivity contribution in [2.24, 2.45) is 5.41 Å². The lowest BCUT2D eigenvalue weighted by Crippen LogP contribution is -2.38. The first-order valence-electron chi connectivity index (χ1n) is 8.50. The van der Waals surface area contributed by atoms with Gasteiger partial charge in [0.1, 0.15) is 0 Å². The maximum Gasteiger partial charge on any atom is 0.0296 e. The van der Waals surface area contributed by atoms with Crippen molar-refractivity contribution in [3.63, 3.8) is 0 Å². The fraction of sp³-hybridized carbons (Fsp3) is 0.684. The Labute approximate surface area is 124 Å². The van der Waals surface area contributed by atoms with Crippen molar-refractivity contribution in [2.75, 3.05) is 0 Å². The van der Waals surface area contributed by atoms with Gasteiger partial charge in [0.05, 0.1) is 0 Å². The molecular formula is C19H29N. The minimum Gasteiger partial charge on any atom is -0.307 e. The fourth-order valence-corrected chi connectivity index (χ4v) is 4.54. The van der Waals surface area contributed by atoms with E-state index in [1.54, 1.807) is 0 Å². The highest BCUT2D eigenvalue weighted by molar-refractivity contribution is 5.28. The monoisotopic (exact) mass is 271 g/mol. The Bertz CT molecular complexity index is 435. The van der Waals surface area contributed by atoms with E-state index in [0.717, 1.165) is 11.5 Å². The van der Waals surface area contributed by atoms with Crippen LogP contribution < -0.4 is 5.32 Å². The molecule has 0 heterocycles. The van der Waals surface area contributed by atoms with E-state index in [2.05, 4.69) is 43.4 Å². The van der Waals surface area contributed by atoms with Crippen LogP contribution in [-0.4, -0.2) is 6.04 Å². The van der Waals surface area contributed by atoms with Crippen molar-refractivity contribution in [1.29, 1.82) is 0 Å². The molecule has 1 aromatic rings. The quantitative estimate of drug-likeness (QED) is 0.801. The number of rotatable bonds is 3. The van der Waals surface area contributed by atoms with Crippen LogP contribution >= 0.6 is 0 Å². The van der Waals surface area contributed by atoms with Gasteiger partial charge in [0, 0.05) is 12.1 Å². The molecule has 1 nitrogen and oxygen atoms in total. The Morgan fingerprint density at radius 3 is 2.35 bits per heavy atom. The highest BCUT2D eigenvalue weighted by atomic mass is 14.9. The van der Waals surface area contributed by atoms with E-state index >= 15 is 0 Å². The van der Waals surface area contributed by atoms with E-state index in [4.69, 9.17) is 0 Å². The largest absolute Gasteiger partial charge is 0.307 e. The van der Waals surface area contributed by atoms with Gasteiger partial charge in [-0.05, 0) is 68.9 Å². The Balaban J connectivity index is 1.56. The predicted octanol–water partition coefficient (Wildman–Crippen LogP) is 5.15. The van der Waals surface area contributed by atoms with Gasteiger partial charge in [-0.15, -0.1) is 0 Å². The van der Waals surface area contributed by atoms with Crippen LogP contribution in [0.1, 0.15) is 75.5 Å². The van der Waals surface area contributed by atoms with E-state index in [1.807, 2.05) is 0 Å². The van der Waals surface area contributed by atoms with Crippen LogP contribution in [0, 0.1) is 12.3 Å². The van der Waals surface area contributed by atoms with Crippen molar-refractivity contribution in [3.05, 3.63) is 35.4 Å². The van der Waals surface area contributed by atoms with Gasteiger partial charge in [0.25, 0.3) is 0 Å². The molecule has 1 heteroatoms. The van der Waals surface area contributed by atoms with Gasteiger partial charge in [0.2, 0.25) is 0 Å². The number of hydrogen-bond acceptors (Lipinski definition) is 1. The second kappa shape index (κ2) is 5.89. The van der Waals surface area contributed by atoms with Crippen molar-refractivity contribution >= 4 is 0 Å². The van der Waals surface area contributed by atoms with Crippen molar-refractivity contribution in [3.8, 4) is 0 Å². The van der Waals surface area contributed by atoms with Gasteiger partial charge in [-0.25, -0.2) is 0 Å². The molecule has 2 aliphatic carbocycles. The smallest absolute Gasteiger partial charge is 0.0296 e. The standard InChI is InChI=1S/C19H29N/c1-15-7-3-4-8-18(15)16(2)20-17-9-13-19(14-10-17)11-5-6-12-19/h3-4,7-8,16-17,20H,5-6,9-14H2,1-2H3/t16-/m0/s1. The molecule has 2 saturated carbocycles. The van der Waals surface area contributed by atoms with E-state index in [9.17, 15) is 0 Å². The second-order valence-corrected chi connectivity index (χ2v) is 7.23. The zero-order valence-corrected chi connectivity index (χ0v) is 13.1. The lowest BCUT2D eigenvalue weighted by molar-refractivity contribution is 0.164. The molecule has 0 saturated heterocycles. The summed E-state index contributed by atoms with van der Waals surface area (Å²) < 4.78 is 0. The second-order valence-electron chi connectivity index (χ2n) is 7.23. The van der Waals surface area contributed by atoms with Crippen LogP contribution in [0.3, 0.4) is 0 Å². The van der Waals surface area contributed by atoms with Crippen molar-refractivity contribution in [2.45, 2.75) is 77.3 Å². The summed E-state index contributed by atoms with van der Waals surface area (Å²) in [5, 5.41) is 3.88. The van der Waals surface area contributed by atoms with Crippen LogP contribution in [0.5, 0.6) is 0 Å². The topological polar surface area (TPSA) is 12.0 Å². The molecule has 0 aromatic heterocycles. The van der Waals surface area contributed by atoms with Crippen LogP contribution in [-0.2, 0) is 0 Å². The number of hydrogen-bond donors (Lipinski definition) is 1. The average molecular weight is 271 g/mol. The molecule has 1 aromatic carbocycles. The molecule has 0 amide bonds. The van der Waals surface area contributed by atoms with Crippen LogP contribution in [0.2, 0.25) is 0 Å². The highest BCUT2D eigenvalue weighted by Crippen LogP contribution is 2.49. The molecule has 1 atom stereocenters. The first kappa shape index (κ1) is 14.1. The normalized spacial score (nSPS) is 24.1. The van der Waals surface area contributed by atoms with Crippen molar-refractivity contribution in [1.82, 2.24) is 5.32 Å². The summed E-state index contributed by atoms with van der Waals surface area (Å²) in [6, 6.07) is 10.0. The predicted molar refractivity (Wildman–Crippen MR) is 85.9 cm³/mol. The van der Waals surface area contributed by atoms with Gasteiger partial charge >= 0.3 is 0 Å². The van der Waals surface area contributed by atoms with Gasteiger partial charge in [-0.1, -0.05) is 37.1 Å². The number of nitrogens with one attached hydrogen (secondary N) is 1. The summed E-state index contributed by atoms with van der Waals surface area (Å²) in [5.74, 6) is 0. The lowest BCUT2D eigenvalue weighted by atomic mass is 9.71. The van der Waals surface area contributed by atoms with Crippen LogP contribution in [0.4, 0.5) is 0 Å². The molecule has 1 N–H and O–H groups in total. The van der Waals surface area contributed by atoms with Crippen LogP contribution in [0.25, 0.3) is 0 Å². The van der Waals surface area contributed by atoms with Crippen molar-refractivity contribution < 1.29 is 0 Å². The maximum atomic E-state index is 3.88. The fourth-order valence-electron chi connectivity index (χ4n) is 4.54. The minimum absolute atomic E-state index is 0.485. The molecule has 1 spiro atoms. The summed E-state index contributed by atoms with van der Waals surface area (Å²) in [7, 11) is 0. The molecule has 0 radical (unpaired) electrons. The minimum atomic E-state index is 0.485. The van der Waals surface area contributed by atoms with E-state index in [1.165, 1.54) is 62.5 Å². The molecule has 2 fully saturated rings. The first-order valence-corrected chi connectivity index (χ1v) is 8.50. The number of benzene rings is 1. The maximum absolute atomic E-state index is 3.88. The molecule has 0 aliphatic heterocycles. The van der Waals surface area contributed by atoms with Gasteiger partial charge in [-0.3, -0.25) is 0 Å². The average Bonchev–Trinajstić information content (AvgIpc) is 2.90. The SMILES string of the molecule is Cc1ccccc1[C@H](C)NC1CCC2(CCCC2)CC1.